The predicted molar refractivity (Wildman–Crippen MR) is 96.6 cm³/mol. The largest absolute Gasteiger partial charge is 0.489 e. The summed E-state index contributed by atoms with van der Waals surface area (Å²) in [5, 5.41) is 3.41. The van der Waals surface area contributed by atoms with Crippen molar-refractivity contribution in [2.75, 3.05) is 37.0 Å². The molecular formula is C18H23N5O2. The summed E-state index contributed by atoms with van der Waals surface area (Å²) in [6, 6.07) is 4.40. The Hall–Kier alpha value is -2.57. The van der Waals surface area contributed by atoms with Crippen LogP contribution in [0.25, 0.3) is 0 Å². The number of nitrogens with one attached hydrogen (secondary N) is 2. The maximum absolute atomic E-state index is 11.9. The summed E-state index contributed by atoms with van der Waals surface area (Å²) >= 11 is 0. The van der Waals surface area contributed by atoms with Gasteiger partial charge in [0, 0.05) is 31.2 Å². The summed E-state index contributed by atoms with van der Waals surface area (Å²) in [4.78, 5) is 25.7. The van der Waals surface area contributed by atoms with Crippen molar-refractivity contribution < 1.29 is 4.74 Å². The smallest absolute Gasteiger partial charge is 0.295 e. The molecule has 2 N–H and O–H groups in total. The molecule has 25 heavy (non-hydrogen) atoms. The van der Waals surface area contributed by atoms with Crippen LogP contribution in [0.5, 0.6) is 5.75 Å². The molecule has 0 spiro atoms. The van der Waals surface area contributed by atoms with E-state index in [0.29, 0.717) is 11.7 Å². The number of pyridine rings is 1. The molecule has 4 heterocycles. The highest BCUT2D eigenvalue weighted by Crippen LogP contribution is 2.32. The van der Waals surface area contributed by atoms with Gasteiger partial charge in [-0.3, -0.25) is 4.79 Å². The summed E-state index contributed by atoms with van der Waals surface area (Å²) in [5.41, 5.74) is 2.25. The lowest BCUT2D eigenvalue weighted by Crippen LogP contribution is -2.35. The number of nitrogens with zero attached hydrogens (tertiary/aromatic N) is 3. The minimum atomic E-state index is -0.239. The van der Waals surface area contributed by atoms with Gasteiger partial charge in [-0.05, 0) is 37.3 Å². The zero-order chi connectivity index (χ0) is 17.2. The Balaban J connectivity index is 1.49. The van der Waals surface area contributed by atoms with Crippen LogP contribution >= 0.6 is 0 Å². The first kappa shape index (κ1) is 15.9. The van der Waals surface area contributed by atoms with Gasteiger partial charge in [0.25, 0.3) is 5.56 Å². The minimum absolute atomic E-state index is 0.239. The highest BCUT2D eigenvalue weighted by Gasteiger charge is 2.26. The van der Waals surface area contributed by atoms with Crippen molar-refractivity contribution in [2.24, 2.45) is 0 Å². The number of H-pyrrole nitrogens is 1. The topological polar surface area (TPSA) is 83.1 Å². The van der Waals surface area contributed by atoms with Gasteiger partial charge in [-0.25, -0.2) is 9.97 Å². The van der Waals surface area contributed by atoms with Gasteiger partial charge in [0.1, 0.15) is 5.82 Å². The Labute approximate surface area is 146 Å². The molecule has 0 unspecified atom stereocenters. The standard InChI is InChI=1S/C18H23N5O2/c1-25-15-17(20-11-21-18(15)24)23-9-6-12(7-10-23)14-5-4-13-3-2-8-19-16(13)22-14/h4-5,11-12H,2-3,6-10H2,1H3,(H,19,22)(H,20,21,24). The fraction of sp³-hybridized carbons (Fsp3) is 0.500. The molecule has 0 saturated carbocycles. The molecule has 4 rings (SSSR count). The molecular weight excluding hydrogens is 318 g/mol. The highest BCUT2D eigenvalue weighted by atomic mass is 16.5. The number of hydrogen-bond acceptors (Lipinski definition) is 6. The number of aryl methyl sites for hydroxylation is 1. The summed E-state index contributed by atoms with van der Waals surface area (Å²) in [5.74, 6) is 2.42. The molecule has 7 nitrogen and oxygen atoms in total. The number of methoxy groups -OCH3 is 1. The fourth-order valence-corrected chi connectivity index (χ4v) is 3.74. The van der Waals surface area contributed by atoms with Gasteiger partial charge in [-0.2, -0.15) is 0 Å². The van der Waals surface area contributed by atoms with Gasteiger partial charge in [-0.1, -0.05) is 6.07 Å². The summed E-state index contributed by atoms with van der Waals surface area (Å²) in [7, 11) is 1.51. The zero-order valence-corrected chi connectivity index (χ0v) is 14.4. The molecule has 0 bridgehead atoms. The summed E-state index contributed by atoms with van der Waals surface area (Å²) in [6.07, 6.45) is 5.70. The molecule has 2 aliphatic heterocycles. The third-order valence-corrected chi connectivity index (χ3v) is 5.12. The van der Waals surface area contributed by atoms with E-state index in [0.717, 1.165) is 44.7 Å². The zero-order valence-electron chi connectivity index (χ0n) is 14.4. The molecule has 2 aliphatic rings. The maximum Gasteiger partial charge on any atom is 0.295 e. The number of fused-ring (bicyclic) bond motifs is 1. The minimum Gasteiger partial charge on any atom is -0.489 e. The number of aromatic amines is 1. The van der Waals surface area contributed by atoms with E-state index in [9.17, 15) is 4.79 Å². The Morgan fingerprint density at radius 3 is 2.92 bits per heavy atom. The van der Waals surface area contributed by atoms with Crippen molar-refractivity contribution in [1.29, 1.82) is 0 Å². The van der Waals surface area contributed by atoms with Crippen LogP contribution in [-0.4, -0.2) is 41.7 Å². The Morgan fingerprint density at radius 2 is 2.12 bits per heavy atom. The van der Waals surface area contributed by atoms with Crippen LogP contribution in [0.15, 0.2) is 23.3 Å². The third-order valence-electron chi connectivity index (χ3n) is 5.12. The quantitative estimate of drug-likeness (QED) is 0.887. The van der Waals surface area contributed by atoms with E-state index in [1.807, 2.05) is 0 Å². The second-order valence-corrected chi connectivity index (χ2v) is 6.62. The number of aromatic nitrogens is 3. The van der Waals surface area contributed by atoms with Crippen molar-refractivity contribution in [3.8, 4) is 5.75 Å². The molecule has 7 heteroatoms. The third kappa shape index (κ3) is 3.06. The van der Waals surface area contributed by atoms with Crippen LogP contribution in [0.2, 0.25) is 0 Å². The molecule has 0 atom stereocenters. The molecule has 1 saturated heterocycles. The Kier molecular flexibility index (Phi) is 4.29. The van der Waals surface area contributed by atoms with Gasteiger partial charge in [0.15, 0.2) is 5.82 Å². The Morgan fingerprint density at radius 1 is 1.28 bits per heavy atom. The van der Waals surface area contributed by atoms with Crippen molar-refractivity contribution in [2.45, 2.75) is 31.6 Å². The van der Waals surface area contributed by atoms with E-state index in [1.165, 1.54) is 31.1 Å². The summed E-state index contributed by atoms with van der Waals surface area (Å²) < 4.78 is 5.23. The lowest BCUT2D eigenvalue weighted by Gasteiger charge is -2.33. The number of hydrogen-bond donors (Lipinski definition) is 2. The van der Waals surface area contributed by atoms with Crippen LogP contribution in [0.3, 0.4) is 0 Å². The number of ether oxygens (including phenoxy) is 1. The van der Waals surface area contributed by atoms with Crippen LogP contribution in [0.4, 0.5) is 11.6 Å². The van der Waals surface area contributed by atoms with E-state index in [2.05, 4.69) is 32.3 Å². The highest BCUT2D eigenvalue weighted by molar-refractivity contribution is 5.51. The van der Waals surface area contributed by atoms with Crippen molar-refractivity contribution in [3.05, 3.63) is 40.1 Å². The first-order chi connectivity index (χ1) is 12.3. The van der Waals surface area contributed by atoms with Crippen LogP contribution < -0.4 is 20.5 Å². The second-order valence-electron chi connectivity index (χ2n) is 6.62. The number of anilines is 2. The van der Waals surface area contributed by atoms with Gasteiger partial charge in [0.2, 0.25) is 5.75 Å². The molecule has 1 fully saturated rings. The fourth-order valence-electron chi connectivity index (χ4n) is 3.74. The monoisotopic (exact) mass is 341 g/mol. The van der Waals surface area contributed by atoms with E-state index in [1.54, 1.807) is 0 Å². The van der Waals surface area contributed by atoms with Crippen molar-refractivity contribution in [1.82, 2.24) is 15.0 Å². The normalized spacial score (nSPS) is 17.7. The molecule has 0 amide bonds. The molecule has 0 aromatic carbocycles. The van der Waals surface area contributed by atoms with E-state index >= 15 is 0 Å². The SMILES string of the molecule is COc1c(N2CCC(c3ccc4c(n3)NCCC4)CC2)nc[nH]c1=O. The van der Waals surface area contributed by atoms with Crippen LogP contribution in [-0.2, 0) is 6.42 Å². The molecule has 132 valence electrons. The number of rotatable bonds is 3. The number of piperidine rings is 1. The summed E-state index contributed by atoms with van der Waals surface area (Å²) in [6.45, 7) is 2.68. The van der Waals surface area contributed by atoms with Gasteiger partial charge < -0.3 is 19.9 Å². The molecule has 0 aliphatic carbocycles. The van der Waals surface area contributed by atoms with Crippen LogP contribution in [0.1, 0.15) is 36.4 Å². The first-order valence-corrected chi connectivity index (χ1v) is 8.86. The molecule has 2 aromatic rings. The lowest BCUT2D eigenvalue weighted by atomic mass is 9.92. The molecule has 0 radical (unpaired) electrons. The van der Waals surface area contributed by atoms with Gasteiger partial charge in [-0.15, -0.1) is 0 Å². The van der Waals surface area contributed by atoms with E-state index < -0.39 is 0 Å². The average Bonchev–Trinajstić information content (AvgIpc) is 2.67. The predicted octanol–water partition coefficient (Wildman–Crippen LogP) is 1.92. The maximum atomic E-state index is 11.9. The van der Waals surface area contributed by atoms with Crippen molar-refractivity contribution >= 4 is 11.6 Å². The lowest BCUT2D eigenvalue weighted by molar-refractivity contribution is 0.401. The first-order valence-electron chi connectivity index (χ1n) is 8.86. The van der Waals surface area contributed by atoms with Gasteiger partial charge in [0.05, 0.1) is 13.4 Å². The average molecular weight is 341 g/mol. The second kappa shape index (κ2) is 6.74. The van der Waals surface area contributed by atoms with Crippen LogP contribution in [0, 0.1) is 0 Å². The van der Waals surface area contributed by atoms with E-state index in [4.69, 9.17) is 9.72 Å². The van der Waals surface area contributed by atoms with E-state index in [-0.39, 0.29) is 11.3 Å². The molecule has 2 aromatic heterocycles. The van der Waals surface area contributed by atoms with Gasteiger partial charge >= 0.3 is 0 Å². The van der Waals surface area contributed by atoms with Crippen molar-refractivity contribution in [3.63, 3.8) is 0 Å². The Bertz CT molecular complexity index is 811.